The van der Waals surface area contributed by atoms with Gasteiger partial charge in [-0.3, -0.25) is 9.79 Å². The second kappa shape index (κ2) is 9.12. The summed E-state index contributed by atoms with van der Waals surface area (Å²) < 4.78 is 5.41. The monoisotopic (exact) mass is 442 g/mol. The molecule has 0 bridgehead atoms. The van der Waals surface area contributed by atoms with Crippen molar-refractivity contribution >= 4 is 28.8 Å². The first-order valence-electron chi connectivity index (χ1n) is 10.6. The lowest BCUT2D eigenvalue weighted by molar-refractivity contribution is 0.1000. The molecule has 1 aliphatic carbocycles. The van der Waals surface area contributed by atoms with Crippen LogP contribution in [0.1, 0.15) is 39.2 Å². The van der Waals surface area contributed by atoms with Crippen LogP contribution in [0.15, 0.2) is 59.4 Å². The van der Waals surface area contributed by atoms with Crippen molar-refractivity contribution in [3.05, 3.63) is 82.3 Å². The van der Waals surface area contributed by atoms with Crippen LogP contribution in [0, 0.1) is 6.92 Å². The maximum Gasteiger partial charge on any atom is 0.248 e. The summed E-state index contributed by atoms with van der Waals surface area (Å²) in [6.07, 6.45) is 3.28. The Morgan fingerprint density at radius 2 is 1.97 bits per heavy atom. The molecule has 0 aliphatic heterocycles. The van der Waals surface area contributed by atoms with Crippen molar-refractivity contribution in [2.45, 2.75) is 19.8 Å². The van der Waals surface area contributed by atoms with Crippen LogP contribution >= 0.6 is 0 Å². The highest BCUT2D eigenvalue weighted by Crippen LogP contribution is 2.33. The Morgan fingerprint density at radius 1 is 1.18 bits per heavy atom. The lowest BCUT2D eigenvalue weighted by Gasteiger charge is -2.23. The number of ether oxygens (including phenoxy) is 1. The van der Waals surface area contributed by atoms with Crippen LogP contribution in [0.3, 0.4) is 0 Å². The number of hydrogen-bond acceptors (Lipinski definition) is 7. The van der Waals surface area contributed by atoms with Gasteiger partial charge in [-0.25, -0.2) is 9.97 Å². The predicted molar refractivity (Wildman–Crippen MR) is 130 cm³/mol. The van der Waals surface area contributed by atoms with Crippen LogP contribution < -0.4 is 21.5 Å². The summed E-state index contributed by atoms with van der Waals surface area (Å²) in [5.41, 5.74) is 19.1. The smallest absolute Gasteiger partial charge is 0.248 e. The Morgan fingerprint density at radius 3 is 2.67 bits per heavy atom. The summed E-state index contributed by atoms with van der Waals surface area (Å²) >= 11 is 0. The van der Waals surface area contributed by atoms with E-state index in [1.165, 1.54) is 7.11 Å². The molecule has 0 fully saturated rings. The SMILES string of the molecule is CN=C(C1=C(N)CCc2cnc(Nc3ccc(C(N)=O)cc3OC)nc21)c1ccccc1C. The summed E-state index contributed by atoms with van der Waals surface area (Å²) in [5.74, 6) is 0.308. The maximum absolute atomic E-state index is 11.5. The third-order valence-corrected chi connectivity index (χ3v) is 5.68. The van der Waals surface area contributed by atoms with Crippen LogP contribution in [0.2, 0.25) is 0 Å². The third-order valence-electron chi connectivity index (χ3n) is 5.68. The van der Waals surface area contributed by atoms with Gasteiger partial charge in [-0.15, -0.1) is 0 Å². The van der Waals surface area contributed by atoms with Crippen molar-refractivity contribution < 1.29 is 9.53 Å². The molecule has 1 amide bonds. The van der Waals surface area contributed by atoms with Crippen molar-refractivity contribution in [1.29, 1.82) is 0 Å². The van der Waals surface area contributed by atoms with Gasteiger partial charge in [-0.1, -0.05) is 24.3 Å². The molecule has 8 heteroatoms. The highest BCUT2D eigenvalue weighted by Gasteiger charge is 2.25. The van der Waals surface area contributed by atoms with E-state index in [9.17, 15) is 4.79 Å². The summed E-state index contributed by atoms with van der Waals surface area (Å²) in [5, 5.41) is 3.18. The number of primary amides is 1. The molecule has 4 rings (SSSR count). The first-order chi connectivity index (χ1) is 15.9. The first-order valence-corrected chi connectivity index (χ1v) is 10.6. The molecule has 168 valence electrons. The van der Waals surface area contributed by atoms with Gasteiger partial charge in [-0.05, 0) is 49.1 Å². The number of fused-ring (bicyclic) bond motifs is 1. The molecule has 1 heterocycles. The van der Waals surface area contributed by atoms with E-state index >= 15 is 0 Å². The number of nitrogens with one attached hydrogen (secondary N) is 1. The van der Waals surface area contributed by atoms with Crippen LogP contribution in [0.5, 0.6) is 5.75 Å². The molecule has 33 heavy (non-hydrogen) atoms. The maximum atomic E-state index is 11.5. The number of carbonyl (C=O) groups excluding carboxylic acids is 1. The Labute approximate surface area is 192 Å². The van der Waals surface area contributed by atoms with Gasteiger partial charge in [0.2, 0.25) is 11.9 Å². The number of methoxy groups -OCH3 is 1. The van der Waals surface area contributed by atoms with E-state index in [0.29, 0.717) is 29.4 Å². The largest absolute Gasteiger partial charge is 0.495 e. The molecule has 0 spiro atoms. The van der Waals surface area contributed by atoms with Crippen molar-refractivity contribution in [3.8, 4) is 5.75 Å². The average molecular weight is 443 g/mol. The Hall–Kier alpha value is -4.20. The fourth-order valence-electron chi connectivity index (χ4n) is 3.95. The average Bonchev–Trinajstić information content (AvgIpc) is 2.82. The van der Waals surface area contributed by atoms with Crippen molar-refractivity contribution in [2.24, 2.45) is 16.5 Å². The van der Waals surface area contributed by atoms with Crippen molar-refractivity contribution in [1.82, 2.24) is 9.97 Å². The Kier molecular flexibility index (Phi) is 6.08. The molecule has 1 aromatic heterocycles. The van der Waals surface area contributed by atoms with E-state index < -0.39 is 5.91 Å². The highest BCUT2D eigenvalue weighted by atomic mass is 16.5. The lowest BCUT2D eigenvalue weighted by Crippen LogP contribution is -2.20. The van der Waals surface area contributed by atoms with E-state index in [-0.39, 0.29) is 0 Å². The number of aliphatic imine (C=N–C) groups is 1. The summed E-state index contributed by atoms with van der Waals surface area (Å²) in [7, 11) is 3.29. The van der Waals surface area contributed by atoms with Gasteiger partial charge in [0.1, 0.15) is 5.75 Å². The second-order valence-corrected chi connectivity index (χ2v) is 7.76. The van der Waals surface area contributed by atoms with Gasteiger partial charge in [0, 0.05) is 35.6 Å². The number of nitrogens with two attached hydrogens (primary N) is 2. The zero-order valence-electron chi connectivity index (χ0n) is 18.8. The number of aromatic nitrogens is 2. The fourth-order valence-corrected chi connectivity index (χ4v) is 3.95. The molecule has 8 nitrogen and oxygen atoms in total. The second-order valence-electron chi connectivity index (χ2n) is 7.76. The van der Waals surface area contributed by atoms with E-state index in [0.717, 1.165) is 45.8 Å². The van der Waals surface area contributed by atoms with Gasteiger partial charge in [0.25, 0.3) is 0 Å². The van der Waals surface area contributed by atoms with Gasteiger partial charge in [0.05, 0.1) is 24.2 Å². The molecule has 5 N–H and O–H groups in total. The first kappa shape index (κ1) is 22.0. The number of carbonyl (C=O) groups is 1. The topological polar surface area (TPSA) is 129 Å². The molecular formula is C25H26N6O2. The van der Waals surface area contributed by atoms with Crippen LogP contribution in [0.4, 0.5) is 11.6 Å². The Balaban J connectivity index is 1.76. The molecule has 0 saturated heterocycles. The number of amides is 1. The quantitative estimate of drug-likeness (QED) is 0.502. The van der Waals surface area contributed by atoms with E-state index in [2.05, 4.69) is 28.3 Å². The number of nitrogens with zero attached hydrogens (tertiary/aromatic N) is 3. The number of hydrogen-bond donors (Lipinski definition) is 3. The minimum absolute atomic E-state index is 0.351. The molecule has 3 aromatic rings. The summed E-state index contributed by atoms with van der Waals surface area (Å²) in [4.78, 5) is 25.4. The van der Waals surface area contributed by atoms with Crippen molar-refractivity contribution in [2.75, 3.05) is 19.5 Å². The predicted octanol–water partition coefficient (Wildman–Crippen LogP) is 3.37. The number of aryl methyl sites for hydroxylation is 2. The summed E-state index contributed by atoms with van der Waals surface area (Å²) in [6, 6.07) is 13.0. The number of allylic oxidation sites excluding steroid dienone is 2. The zero-order chi connectivity index (χ0) is 23.5. The third kappa shape index (κ3) is 4.27. The molecule has 2 aromatic carbocycles. The van der Waals surface area contributed by atoms with Gasteiger partial charge >= 0.3 is 0 Å². The van der Waals surface area contributed by atoms with E-state index in [1.54, 1.807) is 25.2 Å². The van der Waals surface area contributed by atoms with Crippen LogP contribution in [-0.2, 0) is 6.42 Å². The van der Waals surface area contributed by atoms with Gasteiger partial charge in [0.15, 0.2) is 0 Å². The molecule has 0 saturated carbocycles. The molecule has 0 atom stereocenters. The zero-order valence-corrected chi connectivity index (χ0v) is 18.8. The van der Waals surface area contributed by atoms with Gasteiger partial charge < -0.3 is 21.5 Å². The number of anilines is 2. The highest BCUT2D eigenvalue weighted by molar-refractivity contribution is 6.32. The number of benzene rings is 2. The molecule has 1 aliphatic rings. The summed E-state index contributed by atoms with van der Waals surface area (Å²) in [6.45, 7) is 2.05. The van der Waals surface area contributed by atoms with Crippen molar-refractivity contribution in [3.63, 3.8) is 0 Å². The number of rotatable bonds is 6. The van der Waals surface area contributed by atoms with Crippen LogP contribution in [0.25, 0.3) is 5.57 Å². The van der Waals surface area contributed by atoms with Crippen LogP contribution in [-0.4, -0.2) is 35.7 Å². The van der Waals surface area contributed by atoms with E-state index in [1.807, 2.05) is 24.4 Å². The normalized spacial score (nSPS) is 13.5. The Bertz CT molecular complexity index is 1300. The standard InChI is InChI=1S/C25H26N6O2/c1-14-6-4-5-7-17(14)23(28-2)21-18(26)10-8-16-13-29-25(31-22(16)21)30-19-11-9-15(24(27)32)12-20(19)33-3/h4-7,9,11-13H,8,10,26H2,1-3H3,(H2,27,32)(H,29,30,31). The fraction of sp³-hybridized carbons (Fsp3) is 0.200. The minimum Gasteiger partial charge on any atom is -0.495 e. The molecular weight excluding hydrogens is 416 g/mol. The minimum atomic E-state index is -0.530. The van der Waals surface area contributed by atoms with Gasteiger partial charge in [-0.2, -0.15) is 0 Å². The van der Waals surface area contributed by atoms with E-state index in [4.69, 9.17) is 21.2 Å². The molecule has 0 unspecified atom stereocenters. The lowest BCUT2D eigenvalue weighted by atomic mass is 9.87. The molecule has 0 radical (unpaired) electrons.